The van der Waals surface area contributed by atoms with Crippen LogP contribution in [0.3, 0.4) is 0 Å². The zero-order valence-corrected chi connectivity index (χ0v) is 30.1. The van der Waals surface area contributed by atoms with Crippen LogP contribution in [0, 0.1) is 0 Å². The Bertz CT molecular complexity index is 1790. The van der Waals surface area contributed by atoms with Crippen molar-refractivity contribution in [3.63, 3.8) is 0 Å². The SMILES string of the molecule is CN(c1ccccc1N1CCN(C(=O)C(Cc2ccc(Cl)cc2)NC(=O)C2Cc3ccccc3CN2C(=O)OC(C)(C)C)CC1)S(C)(=O)=O. The van der Waals surface area contributed by atoms with Gasteiger partial charge in [-0.1, -0.05) is 60.1 Å². The normalized spacial score (nSPS) is 17.2. The molecule has 0 bridgehead atoms. The van der Waals surface area contributed by atoms with E-state index in [-0.39, 0.29) is 25.3 Å². The molecular weight excluding hydrogens is 666 g/mol. The van der Waals surface area contributed by atoms with Gasteiger partial charge in [-0.05, 0) is 61.7 Å². The molecule has 262 valence electrons. The molecule has 0 aromatic heterocycles. The molecule has 0 spiro atoms. The molecule has 1 N–H and O–H groups in total. The van der Waals surface area contributed by atoms with Crippen LogP contribution in [-0.4, -0.2) is 93.3 Å². The highest BCUT2D eigenvalue weighted by molar-refractivity contribution is 7.92. The van der Waals surface area contributed by atoms with Crippen LogP contribution in [0.5, 0.6) is 0 Å². The lowest BCUT2D eigenvalue weighted by Gasteiger charge is -2.40. The summed E-state index contributed by atoms with van der Waals surface area (Å²) in [6, 6.07) is 20.3. The van der Waals surface area contributed by atoms with Crippen molar-refractivity contribution in [1.82, 2.24) is 15.1 Å². The molecule has 0 aliphatic carbocycles. The number of carbonyl (C=O) groups excluding carboxylic acids is 3. The number of nitrogens with zero attached hydrogens (tertiary/aromatic N) is 4. The Kier molecular flexibility index (Phi) is 10.8. The van der Waals surface area contributed by atoms with E-state index in [1.54, 1.807) is 49.9 Å². The molecule has 2 aliphatic rings. The molecule has 2 atom stereocenters. The number of rotatable bonds is 8. The molecule has 0 saturated carbocycles. The third-order valence-electron chi connectivity index (χ3n) is 8.80. The minimum absolute atomic E-state index is 0.205. The monoisotopic (exact) mass is 709 g/mol. The van der Waals surface area contributed by atoms with Crippen LogP contribution >= 0.6 is 11.6 Å². The predicted molar refractivity (Wildman–Crippen MR) is 191 cm³/mol. The third-order valence-corrected chi connectivity index (χ3v) is 10.2. The standard InChI is InChI=1S/C36H44ClN5O6S/c1-36(2,3)48-35(45)42-24-27-11-7-6-10-26(27)23-32(42)33(43)38-29(22-25-14-16-28(37)17-15-25)34(44)41-20-18-40(19-21-41)31-13-9-8-12-30(31)39(4)49(5,46)47/h6-17,29,32H,18-24H2,1-5H3,(H,38,43). The molecule has 2 aliphatic heterocycles. The molecule has 3 aromatic rings. The van der Waals surface area contributed by atoms with Gasteiger partial charge >= 0.3 is 6.09 Å². The minimum Gasteiger partial charge on any atom is -0.444 e. The Morgan fingerprint density at radius 1 is 0.939 bits per heavy atom. The molecule has 1 fully saturated rings. The first-order valence-electron chi connectivity index (χ1n) is 16.3. The quantitative estimate of drug-likeness (QED) is 0.367. The zero-order chi connectivity index (χ0) is 35.5. The van der Waals surface area contributed by atoms with E-state index in [1.807, 2.05) is 48.5 Å². The Labute approximate surface area is 293 Å². The fourth-order valence-corrected chi connectivity index (χ4v) is 6.80. The van der Waals surface area contributed by atoms with Crippen molar-refractivity contribution in [2.45, 2.75) is 57.8 Å². The Balaban J connectivity index is 1.36. The first-order valence-corrected chi connectivity index (χ1v) is 18.5. The largest absolute Gasteiger partial charge is 0.444 e. The number of piperazine rings is 1. The van der Waals surface area contributed by atoms with Crippen molar-refractivity contribution in [3.05, 3.63) is 94.5 Å². The highest BCUT2D eigenvalue weighted by atomic mass is 35.5. The summed E-state index contributed by atoms with van der Waals surface area (Å²) in [5, 5.41) is 3.57. The van der Waals surface area contributed by atoms with Crippen LogP contribution in [0.25, 0.3) is 0 Å². The average molecular weight is 710 g/mol. The van der Waals surface area contributed by atoms with Gasteiger partial charge in [0.25, 0.3) is 0 Å². The minimum atomic E-state index is -3.48. The van der Waals surface area contributed by atoms with Gasteiger partial charge in [0.05, 0.1) is 24.2 Å². The number of fused-ring (bicyclic) bond motifs is 1. The smallest absolute Gasteiger partial charge is 0.411 e. The van der Waals surface area contributed by atoms with Gasteiger partial charge in [-0.25, -0.2) is 13.2 Å². The molecule has 13 heteroatoms. The summed E-state index contributed by atoms with van der Waals surface area (Å²) in [6.45, 7) is 7.20. The van der Waals surface area contributed by atoms with Gasteiger partial charge in [0.2, 0.25) is 21.8 Å². The summed E-state index contributed by atoms with van der Waals surface area (Å²) in [4.78, 5) is 47.0. The number of amides is 3. The first kappa shape index (κ1) is 36.0. The van der Waals surface area contributed by atoms with E-state index in [1.165, 1.54) is 16.3 Å². The van der Waals surface area contributed by atoms with E-state index in [0.29, 0.717) is 36.9 Å². The maximum Gasteiger partial charge on any atom is 0.411 e. The van der Waals surface area contributed by atoms with E-state index in [4.69, 9.17) is 16.3 Å². The van der Waals surface area contributed by atoms with Crippen LogP contribution in [0.15, 0.2) is 72.8 Å². The molecule has 2 unspecified atom stereocenters. The van der Waals surface area contributed by atoms with Crippen LogP contribution in [-0.2, 0) is 43.7 Å². The van der Waals surface area contributed by atoms with E-state index < -0.39 is 39.7 Å². The van der Waals surface area contributed by atoms with E-state index in [2.05, 4.69) is 10.2 Å². The molecule has 3 amide bonds. The number of hydrogen-bond donors (Lipinski definition) is 1. The van der Waals surface area contributed by atoms with Gasteiger partial charge < -0.3 is 19.9 Å². The summed E-state index contributed by atoms with van der Waals surface area (Å²) in [6.07, 6.45) is 1.07. The van der Waals surface area contributed by atoms with Crippen LogP contribution in [0.2, 0.25) is 5.02 Å². The molecule has 0 radical (unpaired) electrons. The van der Waals surface area contributed by atoms with Crippen LogP contribution < -0.4 is 14.5 Å². The van der Waals surface area contributed by atoms with Crippen LogP contribution in [0.4, 0.5) is 16.2 Å². The number of carbonyl (C=O) groups is 3. The maximum absolute atomic E-state index is 14.2. The van der Waals surface area contributed by atoms with Gasteiger partial charge in [0.15, 0.2) is 0 Å². The summed E-state index contributed by atoms with van der Waals surface area (Å²) in [5.74, 6) is -0.687. The molecule has 2 heterocycles. The van der Waals surface area contributed by atoms with E-state index in [9.17, 15) is 22.8 Å². The fraction of sp³-hybridized carbons (Fsp3) is 0.417. The van der Waals surface area contributed by atoms with Crippen molar-refractivity contribution < 1.29 is 27.5 Å². The van der Waals surface area contributed by atoms with Crippen molar-refractivity contribution in [1.29, 1.82) is 0 Å². The van der Waals surface area contributed by atoms with Crippen molar-refractivity contribution in [3.8, 4) is 0 Å². The first-order chi connectivity index (χ1) is 23.1. The number of hydrogen-bond acceptors (Lipinski definition) is 7. The second-order valence-electron chi connectivity index (χ2n) is 13.5. The number of nitrogens with one attached hydrogen (secondary N) is 1. The lowest BCUT2D eigenvalue weighted by atomic mass is 9.93. The summed E-state index contributed by atoms with van der Waals surface area (Å²) < 4.78 is 31.6. The van der Waals surface area contributed by atoms with E-state index in [0.717, 1.165) is 28.6 Å². The predicted octanol–water partition coefficient (Wildman–Crippen LogP) is 4.47. The summed E-state index contributed by atoms with van der Waals surface area (Å²) in [5.41, 5.74) is 3.27. The van der Waals surface area contributed by atoms with Crippen LogP contribution in [0.1, 0.15) is 37.5 Å². The number of ether oxygens (including phenoxy) is 1. The lowest BCUT2D eigenvalue weighted by Crippen LogP contribution is -2.59. The Hall–Kier alpha value is -4.29. The van der Waals surface area contributed by atoms with E-state index >= 15 is 0 Å². The number of anilines is 2. The fourth-order valence-electron chi connectivity index (χ4n) is 6.16. The van der Waals surface area contributed by atoms with Gasteiger partial charge in [-0.15, -0.1) is 0 Å². The Morgan fingerprint density at radius 3 is 2.18 bits per heavy atom. The Morgan fingerprint density at radius 2 is 1.55 bits per heavy atom. The van der Waals surface area contributed by atoms with Crippen molar-refractivity contribution >= 4 is 50.9 Å². The zero-order valence-electron chi connectivity index (χ0n) is 28.6. The molecular formula is C36H44ClN5O6S. The van der Waals surface area contributed by atoms with Crippen molar-refractivity contribution in [2.75, 3.05) is 48.7 Å². The number of halogens is 1. The summed E-state index contributed by atoms with van der Waals surface area (Å²) >= 11 is 6.14. The number of benzene rings is 3. The number of para-hydroxylation sites is 2. The molecule has 49 heavy (non-hydrogen) atoms. The average Bonchev–Trinajstić information content (AvgIpc) is 3.06. The second kappa shape index (κ2) is 14.7. The molecule has 11 nitrogen and oxygen atoms in total. The lowest BCUT2D eigenvalue weighted by molar-refractivity contribution is -0.138. The van der Waals surface area contributed by atoms with Crippen molar-refractivity contribution in [2.24, 2.45) is 0 Å². The second-order valence-corrected chi connectivity index (χ2v) is 16.0. The summed E-state index contributed by atoms with van der Waals surface area (Å²) in [7, 11) is -1.96. The van der Waals surface area contributed by atoms with Gasteiger partial charge in [-0.2, -0.15) is 0 Å². The number of sulfonamides is 1. The maximum atomic E-state index is 14.2. The highest BCUT2D eigenvalue weighted by Gasteiger charge is 2.39. The van der Waals surface area contributed by atoms with Gasteiger partial charge in [0, 0.05) is 51.1 Å². The molecule has 5 rings (SSSR count). The topological polar surface area (TPSA) is 120 Å². The highest BCUT2D eigenvalue weighted by Crippen LogP contribution is 2.31. The van der Waals surface area contributed by atoms with Gasteiger partial charge in [-0.3, -0.25) is 18.8 Å². The molecule has 3 aromatic carbocycles. The third kappa shape index (κ3) is 8.85. The van der Waals surface area contributed by atoms with Gasteiger partial charge in [0.1, 0.15) is 17.7 Å². The molecule has 1 saturated heterocycles.